The van der Waals surface area contributed by atoms with Crippen LogP contribution in [0, 0.1) is 6.92 Å². The maximum atomic E-state index is 12.3. The number of anilines is 1. The molecule has 132 valence electrons. The van der Waals surface area contributed by atoms with Gasteiger partial charge in [0.05, 0.1) is 22.9 Å². The number of hydrogen-bond acceptors (Lipinski definition) is 5. The van der Waals surface area contributed by atoms with Crippen LogP contribution in [-0.2, 0) is 11.8 Å². The van der Waals surface area contributed by atoms with Crippen LogP contribution in [0.4, 0.5) is 5.69 Å². The van der Waals surface area contributed by atoms with E-state index in [2.05, 4.69) is 15.7 Å². The molecule has 0 atom stereocenters. The molecular formula is C16H17ClN4O3S. The van der Waals surface area contributed by atoms with E-state index < -0.39 is 11.9 Å². The first-order chi connectivity index (χ1) is 11.8. The van der Waals surface area contributed by atoms with Crippen molar-refractivity contribution in [2.24, 2.45) is 7.05 Å². The van der Waals surface area contributed by atoms with Crippen LogP contribution in [0.5, 0.6) is 0 Å². The minimum Gasteiger partial charge on any atom is -0.462 e. The van der Waals surface area contributed by atoms with Gasteiger partial charge in [-0.05, 0) is 50.3 Å². The standard InChI is InChI=1S/C16H17ClN4O3S/c1-4-24-15(23)10-5-7-11(8-6-10)18-16(25)19-14(22)13-12(17)9(2)20-21(13)3/h5-8H,4H2,1-3H3,(H2,18,19,22,25). The van der Waals surface area contributed by atoms with Crippen molar-refractivity contribution in [3.63, 3.8) is 0 Å². The van der Waals surface area contributed by atoms with Crippen LogP contribution < -0.4 is 10.6 Å². The normalized spacial score (nSPS) is 10.2. The molecular weight excluding hydrogens is 364 g/mol. The van der Waals surface area contributed by atoms with E-state index >= 15 is 0 Å². The zero-order valence-electron chi connectivity index (χ0n) is 13.9. The number of benzene rings is 1. The van der Waals surface area contributed by atoms with Gasteiger partial charge in [0.15, 0.2) is 5.11 Å². The van der Waals surface area contributed by atoms with Crippen LogP contribution in [0.1, 0.15) is 33.5 Å². The van der Waals surface area contributed by atoms with E-state index in [1.807, 2.05) is 0 Å². The van der Waals surface area contributed by atoms with Crippen LogP contribution >= 0.6 is 23.8 Å². The minimum atomic E-state index is -0.464. The van der Waals surface area contributed by atoms with Crippen LogP contribution in [0.3, 0.4) is 0 Å². The van der Waals surface area contributed by atoms with E-state index in [4.69, 9.17) is 28.6 Å². The SMILES string of the molecule is CCOC(=O)c1ccc(NC(=S)NC(=O)c2c(Cl)c(C)nn2C)cc1. The fourth-order valence-corrected chi connectivity index (χ4v) is 2.56. The molecule has 1 aromatic heterocycles. The molecule has 2 N–H and O–H groups in total. The molecule has 1 aromatic carbocycles. The summed E-state index contributed by atoms with van der Waals surface area (Å²) in [6, 6.07) is 6.52. The number of aromatic nitrogens is 2. The molecule has 7 nitrogen and oxygen atoms in total. The van der Waals surface area contributed by atoms with Crippen molar-refractivity contribution in [2.45, 2.75) is 13.8 Å². The number of esters is 1. The molecule has 0 aliphatic rings. The predicted octanol–water partition coefficient (Wildman–Crippen LogP) is 2.69. The highest BCUT2D eigenvalue weighted by Gasteiger charge is 2.19. The number of halogens is 1. The van der Waals surface area contributed by atoms with Gasteiger partial charge in [-0.25, -0.2) is 4.79 Å². The van der Waals surface area contributed by atoms with Crippen molar-refractivity contribution in [3.05, 3.63) is 46.2 Å². The van der Waals surface area contributed by atoms with Gasteiger partial charge in [0.1, 0.15) is 5.69 Å². The lowest BCUT2D eigenvalue weighted by Crippen LogP contribution is -2.35. The first-order valence-corrected chi connectivity index (χ1v) is 8.20. The molecule has 0 aliphatic heterocycles. The molecule has 0 saturated carbocycles. The molecule has 2 aromatic rings. The monoisotopic (exact) mass is 380 g/mol. The van der Waals surface area contributed by atoms with Gasteiger partial charge in [-0.2, -0.15) is 5.10 Å². The first-order valence-electron chi connectivity index (χ1n) is 7.42. The summed E-state index contributed by atoms with van der Waals surface area (Å²) >= 11 is 11.2. The third-order valence-corrected chi connectivity index (χ3v) is 3.90. The lowest BCUT2D eigenvalue weighted by Gasteiger charge is -2.10. The van der Waals surface area contributed by atoms with Gasteiger partial charge < -0.3 is 10.1 Å². The van der Waals surface area contributed by atoms with Crippen molar-refractivity contribution in [3.8, 4) is 0 Å². The van der Waals surface area contributed by atoms with Gasteiger partial charge in [-0.1, -0.05) is 11.6 Å². The van der Waals surface area contributed by atoms with E-state index in [1.165, 1.54) is 4.68 Å². The Balaban J connectivity index is 2.00. The molecule has 0 unspecified atom stereocenters. The van der Waals surface area contributed by atoms with Gasteiger partial charge in [-0.3, -0.25) is 14.8 Å². The van der Waals surface area contributed by atoms with Crippen molar-refractivity contribution in [1.29, 1.82) is 0 Å². The quantitative estimate of drug-likeness (QED) is 0.626. The summed E-state index contributed by atoms with van der Waals surface area (Å²) in [6.07, 6.45) is 0. The molecule has 0 fully saturated rings. The molecule has 0 radical (unpaired) electrons. The number of thiocarbonyl (C=S) groups is 1. The fraction of sp³-hybridized carbons (Fsp3) is 0.250. The lowest BCUT2D eigenvalue weighted by molar-refractivity contribution is 0.0526. The number of ether oxygens (including phenoxy) is 1. The van der Waals surface area contributed by atoms with E-state index in [-0.39, 0.29) is 15.8 Å². The van der Waals surface area contributed by atoms with Gasteiger partial charge in [0.25, 0.3) is 5.91 Å². The van der Waals surface area contributed by atoms with Crippen molar-refractivity contribution >= 4 is 46.5 Å². The van der Waals surface area contributed by atoms with Crippen LogP contribution in [0.2, 0.25) is 5.02 Å². The van der Waals surface area contributed by atoms with E-state index in [0.717, 1.165) is 0 Å². The molecule has 0 spiro atoms. The number of amides is 1. The van der Waals surface area contributed by atoms with E-state index in [9.17, 15) is 9.59 Å². The second-order valence-electron chi connectivity index (χ2n) is 5.08. The maximum absolute atomic E-state index is 12.3. The Morgan fingerprint density at radius 1 is 1.32 bits per heavy atom. The largest absolute Gasteiger partial charge is 0.462 e. The third-order valence-electron chi connectivity index (χ3n) is 3.25. The van der Waals surface area contributed by atoms with Gasteiger partial charge in [-0.15, -0.1) is 0 Å². The summed E-state index contributed by atoms with van der Waals surface area (Å²) in [4.78, 5) is 23.9. The highest BCUT2D eigenvalue weighted by Crippen LogP contribution is 2.19. The summed E-state index contributed by atoms with van der Waals surface area (Å²) in [5.41, 5.74) is 1.83. The van der Waals surface area contributed by atoms with Crippen LogP contribution in [0.15, 0.2) is 24.3 Å². The number of rotatable bonds is 4. The van der Waals surface area contributed by atoms with Gasteiger partial charge >= 0.3 is 5.97 Å². The Hall–Kier alpha value is -2.45. The molecule has 0 aliphatic carbocycles. The Kier molecular flexibility index (Phi) is 6.11. The number of aryl methyl sites for hydroxylation is 2. The number of nitrogens with zero attached hydrogens (tertiary/aromatic N) is 2. The molecule has 2 rings (SSSR count). The summed E-state index contributed by atoms with van der Waals surface area (Å²) in [7, 11) is 1.62. The van der Waals surface area contributed by atoms with Crippen LogP contribution in [0.25, 0.3) is 0 Å². The topological polar surface area (TPSA) is 85.2 Å². The zero-order chi connectivity index (χ0) is 18.6. The molecule has 1 amide bonds. The maximum Gasteiger partial charge on any atom is 0.338 e. The third kappa shape index (κ3) is 4.55. The van der Waals surface area contributed by atoms with Crippen LogP contribution in [-0.4, -0.2) is 33.4 Å². The summed E-state index contributed by atoms with van der Waals surface area (Å²) in [5, 5.41) is 9.86. The average molecular weight is 381 g/mol. The molecule has 1 heterocycles. The molecule has 9 heteroatoms. The highest BCUT2D eigenvalue weighted by molar-refractivity contribution is 7.80. The lowest BCUT2D eigenvalue weighted by atomic mass is 10.2. The molecule has 25 heavy (non-hydrogen) atoms. The minimum absolute atomic E-state index is 0.101. The molecule has 0 bridgehead atoms. The smallest absolute Gasteiger partial charge is 0.338 e. The zero-order valence-corrected chi connectivity index (χ0v) is 15.5. The Bertz CT molecular complexity index is 818. The Morgan fingerprint density at radius 2 is 1.96 bits per heavy atom. The van der Waals surface area contributed by atoms with Crippen molar-refractivity contribution in [1.82, 2.24) is 15.1 Å². The number of hydrogen-bond donors (Lipinski definition) is 2. The van der Waals surface area contributed by atoms with Crippen molar-refractivity contribution < 1.29 is 14.3 Å². The van der Waals surface area contributed by atoms with E-state index in [0.29, 0.717) is 23.6 Å². The van der Waals surface area contributed by atoms with E-state index in [1.54, 1.807) is 45.2 Å². The summed E-state index contributed by atoms with van der Waals surface area (Å²) in [5.74, 6) is -0.861. The molecule has 0 saturated heterocycles. The Morgan fingerprint density at radius 3 is 2.48 bits per heavy atom. The second kappa shape index (κ2) is 8.09. The number of carbonyl (C=O) groups is 2. The predicted molar refractivity (Wildman–Crippen MR) is 99.0 cm³/mol. The second-order valence-corrected chi connectivity index (χ2v) is 5.86. The average Bonchev–Trinajstić information content (AvgIpc) is 2.80. The van der Waals surface area contributed by atoms with Gasteiger partial charge in [0, 0.05) is 12.7 Å². The highest BCUT2D eigenvalue weighted by atomic mass is 35.5. The summed E-state index contributed by atoms with van der Waals surface area (Å²) in [6.45, 7) is 3.76. The number of nitrogens with one attached hydrogen (secondary N) is 2. The Labute approximate surface area is 155 Å². The number of carbonyl (C=O) groups excluding carboxylic acids is 2. The van der Waals surface area contributed by atoms with Crippen molar-refractivity contribution in [2.75, 3.05) is 11.9 Å². The summed E-state index contributed by atoms with van der Waals surface area (Å²) < 4.78 is 6.30. The first kappa shape index (κ1) is 18.9. The van der Waals surface area contributed by atoms with Gasteiger partial charge in [0.2, 0.25) is 0 Å². The fourth-order valence-electron chi connectivity index (χ4n) is 2.11.